The van der Waals surface area contributed by atoms with E-state index in [2.05, 4.69) is 77.1 Å². The van der Waals surface area contributed by atoms with E-state index in [4.69, 9.17) is 9.47 Å². The Bertz CT molecular complexity index is 1020. The Hall–Kier alpha value is -2.74. The maximum atomic E-state index is 6.57. The highest BCUT2D eigenvalue weighted by atomic mass is 16.5. The Balaban J connectivity index is 1.94. The molecule has 1 aliphatic heterocycles. The molecule has 0 aromatic heterocycles. The predicted molar refractivity (Wildman–Crippen MR) is 120 cm³/mol. The van der Waals surface area contributed by atoms with Crippen molar-refractivity contribution in [2.45, 2.75) is 59.2 Å². The minimum Gasteiger partial charge on any atom is -0.488 e. The fourth-order valence-corrected chi connectivity index (χ4v) is 4.13. The van der Waals surface area contributed by atoms with E-state index in [1.807, 2.05) is 18.2 Å². The number of rotatable bonds is 2. The van der Waals surface area contributed by atoms with Crippen molar-refractivity contribution in [2.75, 3.05) is 0 Å². The molecule has 2 nitrogen and oxygen atoms in total. The third-order valence-electron chi connectivity index (χ3n) is 5.81. The SMILES string of the molecule is CC(C)c1cc(C(C)C)c2c(c1)C(C)Oc1ccccc1-c1ccccc1OC2. The lowest BCUT2D eigenvalue weighted by atomic mass is 9.86. The molecule has 1 aliphatic rings. The van der Waals surface area contributed by atoms with Crippen LogP contribution in [0.15, 0.2) is 60.7 Å². The zero-order chi connectivity index (χ0) is 20.5. The minimum atomic E-state index is -0.0591. The molecule has 4 rings (SSSR count). The molecule has 0 N–H and O–H groups in total. The van der Waals surface area contributed by atoms with Crippen molar-refractivity contribution in [2.24, 2.45) is 0 Å². The molecule has 3 aromatic rings. The lowest BCUT2D eigenvalue weighted by Crippen LogP contribution is -2.14. The van der Waals surface area contributed by atoms with Gasteiger partial charge in [-0.05, 0) is 53.1 Å². The molecule has 0 saturated carbocycles. The first-order valence-electron chi connectivity index (χ1n) is 10.6. The zero-order valence-corrected chi connectivity index (χ0v) is 18.0. The molecule has 0 saturated heterocycles. The summed E-state index contributed by atoms with van der Waals surface area (Å²) in [6.07, 6.45) is -0.0591. The summed E-state index contributed by atoms with van der Waals surface area (Å²) in [4.78, 5) is 0. The van der Waals surface area contributed by atoms with E-state index in [9.17, 15) is 0 Å². The van der Waals surface area contributed by atoms with E-state index in [1.165, 1.54) is 22.3 Å². The van der Waals surface area contributed by atoms with Gasteiger partial charge in [-0.3, -0.25) is 0 Å². The van der Waals surface area contributed by atoms with Crippen LogP contribution in [0.4, 0.5) is 0 Å². The summed E-state index contributed by atoms with van der Waals surface area (Å²) in [7, 11) is 0. The van der Waals surface area contributed by atoms with Crippen molar-refractivity contribution in [1.29, 1.82) is 0 Å². The van der Waals surface area contributed by atoms with E-state index in [1.54, 1.807) is 0 Å². The lowest BCUT2D eigenvalue weighted by Gasteiger charge is -2.27. The van der Waals surface area contributed by atoms with Gasteiger partial charge in [0, 0.05) is 11.1 Å². The second-order valence-corrected chi connectivity index (χ2v) is 8.53. The summed E-state index contributed by atoms with van der Waals surface area (Å²) in [6, 6.07) is 21.2. The predicted octanol–water partition coefficient (Wildman–Crippen LogP) is 7.63. The van der Waals surface area contributed by atoms with Crippen LogP contribution in [-0.2, 0) is 6.61 Å². The van der Waals surface area contributed by atoms with Crippen molar-refractivity contribution in [3.8, 4) is 22.6 Å². The summed E-state index contributed by atoms with van der Waals surface area (Å²) in [5.41, 5.74) is 7.34. The summed E-state index contributed by atoms with van der Waals surface area (Å²) in [6.45, 7) is 11.7. The van der Waals surface area contributed by atoms with E-state index in [0.29, 0.717) is 18.4 Å². The fraction of sp³-hybridized carbons (Fsp3) is 0.333. The molecule has 1 atom stereocenters. The fourth-order valence-electron chi connectivity index (χ4n) is 4.13. The first-order valence-corrected chi connectivity index (χ1v) is 10.6. The molecule has 0 aliphatic carbocycles. The Morgan fingerprint density at radius 3 is 2.07 bits per heavy atom. The van der Waals surface area contributed by atoms with Gasteiger partial charge in [0.1, 0.15) is 24.2 Å². The molecule has 0 bridgehead atoms. The monoisotopic (exact) mass is 386 g/mol. The van der Waals surface area contributed by atoms with Gasteiger partial charge in [-0.2, -0.15) is 0 Å². The van der Waals surface area contributed by atoms with Crippen LogP contribution in [0.25, 0.3) is 11.1 Å². The maximum Gasteiger partial charge on any atom is 0.128 e. The van der Waals surface area contributed by atoms with Crippen LogP contribution in [-0.4, -0.2) is 0 Å². The molecule has 2 heteroatoms. The molecule has 1 heterocycles. The van der Waals surface area contributed by atoms with Crippen LogP contribution in [0.5, 0.6) is 11.5 Å². The number of fused-ring (bicyclic) bond motifs is 4. The van der Waals surface area contributed by atoms with Gasteiger partial charge in [-0.25, -0.2) is 0 Å². The molecule has 0 radical (unpaired) electrons. The van der Waals surface area contributed by atoms with Crippen molar-refractivity contribution in [1.82, 2.24) is 0 Å². The van der Waals surface area contributed by atoms with E-state index in [-0.39, 0.29) is 6.10 Å². The number of ether oxygens (including phenoxy) is 2. The first kappa shape index (κ1) is 19.6. The molecular formula is C27H30O2. The molecule has 29 heavy (non-hydrogen) atoms. The van der Waals surface area contributed by atoms with Crippen LogP contribution in [0.1, 0.15) is 74.8 Å². The summed E-state index contributed by atoms with van der Waals surface area (Å²) in [5, 5.41) is 0. The average molecular weight is 387 g/mol. The summed E-state index contributed by atoms with van der Waals surface area (Å²) < 4.78 is 13.0. The number of para-hydroxylation sites is 2. The van der Waals surface area contributed by atoms with Gasteiger partial charge in [0.15, 0.2) is 0 Å². The molecule has 0 spiro atoms. The highest BCUT2D eigenvalue weighted by Crippen LogP contribution is 2.41. The van der Waals surface area contributed by atoms with Crippen LogP contribution in [0.2, 0.25) is 0 Å². The van der Waals surface area contributed by atoms with Crippen molar-refractivity contribution in [3.05, 3.63) is 82.9 Å². The summed E-state index contributed by atoms with van der Waals surface area (Å²) >= 11 is 0. The van der Waals surface area contributed by atoms with Crippen molar-refractivity contribution in [3.63, 3.8) is 0 Å². The second kappa shape index (κ2) is 7.94. The molecule has 3 aromatic carbocycles. The van der Waals surface area contributed by atoms with E-state index < -0.39 is 0 Å². The lowest BCUT2D eigenvalue weighted by molar-refractivity contribution is 0.220. The highest BCUT2D eigenvalue weighted by Gasteiger charge is 2.23. The first-order chi connectivity index (χ1) is 14.0. The van der Waals surface area contributed by atoms with Gasteiger partial charge in [-0.1, -0.05) is 76.2 Å². The summed E-state index contributed by atoms with van der Waals surface area (Å²) in [5.74, 6) is 2.68. The zero-order valence-electron chi connectivity index (χ0n) is 18.0. The smallest absolute Gasteiger partial charge is 0.128 e. The Morgan fingerprint density at radius 1 is 0.793 bits per heavy atom. The standard InChI is InChI=1S/C27H30O2/c1-17(2)20-14-23(18(3)4)25-16-28-26-12-8-6-10-21(26)22-11-7-9-13-27(22)29-19(5)24(25)15-20/h6-15,17-19H,16H2,1-5H3. The van der Waals surface area contributed by atoms with E-state index in [0.717, 1.165) is 22.6 Å². The minimum absolute atomic E-state index is 0.0591. The quantitative estimate of drug-likeness (QED) is 0.451. The van der Waals surface area contributed by atoms with Gasteiger partial charge >= 0.3 is 0 Å². The third kappa shape index (κ3) is 3.76. The van der Waals surface area contributed by atoms with Crippen LogP contribution < -0.4 is 9.47 Å². The van der Waals surface area contributed by atoms with Crippen LogP contribution in [0.3, 0.4) is 0 Å². The van der Waals surface area contributed by atoms with Gasteiger partial charge in [0.05, 0.1) is 0 Å². The Labute approximate surface area is 174 Å². The third-order valence-corrected chi connectivity index (χ3v) is 5.81. The van der Waals surface area contributed by atoms with Gasteiger partial charge < -0.3 is 9.47 Å². The van der Waals surface area contributed by atoms with Crippen LogP contribution in [0, 0.1) is 0 Å². The van der Waals surface area contributed by atoms with E-state index >= 15 is 0 Å². The number of hydrogen-bond donors (Lipinski definition) is 0. The Kier molecular flexibility index (Phi) is 5.36. The molecule has 0 fully saturated rings. The normalized spacial score (nSPS) is 15.8. The molecule has 150 valence electrons. The van der Waals surface area contributed by atoms with Gasteiger partial charge in [-0.15, -0.1) is 0 Å². The van der Waals surface area contributed by atoms with Crippen molar-refractivity contribution >= 4 is 0 Å². The molecule has 1 unspecified atom stereocenters. The maximum absolute atomic E-state index is 6.57. The topological polar surface area (TPSA) is 18.5 Å². The number of benzene rings is 3. The second-order valence-electron chi connectivity index (χ2n) is 8.53. The average Bonchev–Trinajstić information content (AvgIpc) is 2.71. The van der Waals surface area contributed by atoms with Crippen molar-refractivity contribution < 1.29 is 9.47 Å². The van der Waals surface area contributed by atoms with Crippen LogP contribution >= 0.6 is 0 Å². The highest BCUT2D eigenvalue weighted by molar-refractivity contribution is 5.76. The largest absolute Gasteiger partial charge is 0.488 e. The molecule has 0 amide bonds. The number of hydrogen-bond acceptors (Lipinski definition) is 2. The Morgan fingerprint density at radius 2 is 1.41 bits per heavy atom. The van der Waals surface area contributed by atoms with Gasteiger partial charge in [0.2, 0.25) is 0 Å². The van der Waals surface area contributed by atoms with Gasteiger partial charge in [0.25, 0.3) is 0 Å². The molecular weight excluding hydrogens is 356 g/mol.